The average Bonchev–Trinajstić information content (AvgIpc) is 2.67. The smallest absolute Gasteiger partial charge is 0.212 e. The van der Waals surface area contributed by atoms with Gasteiger partial charge in [0.2, 0.25) is 10.0 Å². The van der Waals surface area contributed by atoms with Crippen LogP contribution in [0.3, 0.4) is 0 Å². The summed E-state index contributed by atoms with van der Waals surface area (Å²) in [5.74, 6) is 0.108. The van der Waals surface area contributed by atoms with Crippen molar-refractivity contribution in [3.05, 3.63) is 65.7 Å². The lowest BCUT2D eigenvalue weighted by atomic mass is 10.2. The van der Waals surface area contributed by atoms with Crippen LogP contribution in [0.25, 0.3) is 0 Å². The maximum absolute atomic E-state index is 12.2. The lowest BCUT2D eigenvalue weighted by Crippen LogP contribution is -2.44. The van der Waals surface area contributed by atoms with Gasteiger partial charge in [-0.05, 0) is 36.7 Å². The normalized spacial score (nSPS) is 16.0. The van der Waals surface area contributed by atoms with Gasteiger partial charge in [0.15, 0.2) is 0 Å². The Kier molecular flexibility index (Phi) is 6.29. The van der Waals surface area contributed by atoms with Crippen LogP contribution < -0.4 is 9.62 Å². The minimum absolute atomic E-state index is 0.108. The number of sulfonamides is 1. The van der Waals surface area contributed by atoms with Crippen molar-refractivity contribution in [1.82, 2.24) is 9.62 Å². The first-order valence-electron chi connectivity index (χ1n) is 9.05. The number of hydrogen-bond acceptors (Lipinski definition) is 4. The molecule has 2 aromatic carbocycles. The Hall–Kier alpha value is -1.89. The summed E-state index contributed by atoms with van der Waals surface area (Å²) in [6, 6.07) is 17.9. The van der Waals surface area contributed by atoms with Crippen molar-refractivity contribution in [3.8, 4) is 0 Å². The number of likely N-dealkylation sites (N-methyl/N-ethyl adjacent to an activating group) is 1. The predicted molar refractivity (Wildman–Crippen MR) is 107 cm³/mol. The second kappa shape index (κ2) is 8.66. The maximum Gasteiger partial charge on any atom is 0.212 e. The summed E-state index contributed by atoms with van der Waals surface area (Å²) in [5.41, 5.74) is 3.22. The van der Waals surface area contributed by atoms with Crippen molar-refractivity contribution in [2.24, 2.45) is 0 Å². The molecule has 140 valence electrons. The lowest BCUT2D eigenvalue weighted by Gasteiger charge is -2.34. The number of nitrogens with zero attached hydrogens (tertiary/aromatic N) is 2. The van der Waals surface area contributed by atoms with Gasteiger partial charge in [0.1, 0.15) is 0 Å². The fourth-order valence-electron chi connectivity index (χ4n) is 3.05. The SMILES string of the molecule is CN1CCN(c2ccc(CNS(=O)(=O)CCc3ccccc3)cc2)CC1. The molecule has 26 heavy (non-hydrogen) atoms. The number of rotatable bonds is 7. The molecule has 0 saturated carbocycles. The van der Waals surface area contributed by atoms with E-state index in [0.29, 0.717) is 13.0 Å². The fourth-order valence-corrected chi connectivity index (χ4v) is 4.09. The zero-order valence-electron chi connectivity index (χ0n) is 15.3. The van der Waals surface area contributed by atoms with Gasteiger partial charge in [0, 0.05) is 38.4 Å². The van der Waals surface area contributed by atoms with Crippen LogP contribution in [0.1, 0.15) is 11.1 Å². The largest absolute Gasteiger partial charge is 0.369 e. The van der Waals surface area contributed by atoms with Crippen LogP contribution in [-0.2, 0) is 23.0 Å². The minimum atomic E-state index is -3.28. The second-order valence-corrected chi connectivity index (χ2v) is 8.76. The third kappa shape index (κ3) is 5.56. The highest BCUT2D eigenvalue weighted by Gasteiger charge is 2.14. The van der Waals surface area contributed by atoms with Gasteiger partial charge in [-0.3, -0.25) is 0 Å². The Morgan fingerprint density at radius 2 is 1.54 bits per heavy atom. The number of anilines is 1. The molecule has 0 bridgehead atoms. The molecule has 0 spiro atoms. The summed E-state index contributed by atoms with van der Waals surface area (Å²) in [6.07, 6.45) is 0.526. The molecule has 0 radical (unpaired) electrons. The van der Waals surface area contributed by atoms with Crippen LogP contribution in [0.15, 0.2) is 54.6 Å². The predicted octanol–water partition coefficient (Wildman–Crippen LogP) is 2.10. The van der Waals surface area contributed by atoms with Crippen molar-refractivity contribution in [2.75, 3.05) is 43.9 Å². The number of nitrogens with one attached hydrogen (secondary N) is 1. The molecule has 0 amide bonds. The van der Waals surface area contributed by atoms with Crippen molar-refractivity contribution >= 4 is 15.7 Å². The molecule has 0 aliphatic carbocycles. The molecule has 2 aromatic rings. The molecule has 0 aromatic heterocycles. The van der Waals surface area contributed by atoms with E-state index in [1.807, 2.05) is 42.5 Å². The van der Waals surface area contributed by atoms with E-state index in [0.717, 1.165) is 37.3 Å². The van der Waals surface area contributed by atoms with E-state index in [4.69, 9.17) is 0 Å². The van der Waals surface area contributed by atoms with Crippen molar-refractivity contribution < 1.29 is 8.42 Å². The van der Waals surface area contributed by atoms with Crippen LogP contribution >= 0.6 is 0 Å². The second-order valence-electron chi connectivity index (χ2n) is 6.83. The summed E-state index contributed by atoms with van der Waals surface area (Å²) in [5, 5.41) is 0. The Bertz CT molecular complexity index is 784. The van der Waals surface area contributed by atoms with Gasteiger partial charge in [-0.15, -0.1) is 0 Å². The van der Waals surface area contributed by atoms with Crippen LogP contribution in [0.4, 0.5) is 5.69 Å². The highest BCUT2D eigenvalue weighted by molar-refractivity contribution is 7.89. The highest BCUT2D eigenvalue weighted by atomic mass is 32.2. The zero-order valence-corrected chi connectivity index (χ0v) is 16.1. The first-order valence-corrected chi connectivity index (χ1v) is 10.7. The van der Waals surface area contributed by atoms with Crippen LogP contribution in [0, 0.1) is 0 Å². The van der Waals surface area contributed by atoms with E-state index in [2.05, 4.69) is 33.7 Å². The summed E-state index contributed by atoms with van der Waals surface area (Å²) >= 11 is 0. The van der Waals surface area contributed by atoms with E-state index in [9.17, 15) is 8.42 Å². The monoisotopic (exact) mass is 373 g/mol. The van der Waals surface area contributed by atoms with E-state index in [-0.39, 0.29) is 5.75 Å². The summed E-state index contributed by atoms with van der Waals surface area (Å²) in [6.45, 7) is 4.54. The molecule has 0 unspecified atom stereocenters. The van der Waals surface area contributed by atoms with E-state index >= 15 is 0 Å². The minimum Gasteiger partial charge on any atom is -0.369 e. The van der Waals surface area contributed by atoms with Gasteiger partial charge < -0.3 is 9.80 Å². The molecule has 1 saturated heterocycles. The number of aryl methyl sites for hydroxylation is 1. The van der Waals surface area contributed by atoms with Crippen molar-refractivity contribution in [3.63, 3.8) is 0 Å². The Balaban J connectivity index is 1.49. The number of benzene rings is 2. The fraction of sp³-hybridized carbons (Fsp3) is 0.400. The number of piperazine rings is 1. The van der Waals surface area contributed by atoms with Crippen LogP contribution in [-0.4, -0.2) is 52.3 Å². The molecule has 0 atom stereocenters. The van der Waals surface area contributed by atoms with E-state index < -0.39 is 10.0 Å². The van der Waals surface area contributed by atoms with Gasteiger partial charge in [-0.1, -0.05) is 42.5 Å². The van der Waals surface area contributed by atoms with Gasteiger partial charge in [0.05, 0.1) is 5.75 Å². The summed E-state index contributed by atoms with van der Waals surface area (Å²) < 4.78 is 27.1. The molecule has 3 rings (SSSR count). The average molecular weight is 374 g/mol. The van der Waals surface area contributed by atoms with Crippen molar-refractivity contribution in [1.29, 1.82) is 0 Å². The third-order valence-electron chi connectivity index (χ3n) is 4.80. The molecule has 1 aliphatic rings. The quantitative estimate of drug-likeness (QED) is 0.808. The Morgan fingerprint density at radius 3 is 2.19 bits per heavy atom. The topological polar surface area (TPSA) is 52.6 Å². The van der Waals surface area contributed by atoms with Gasteiger partial charge in [-0.25, -0.2) is 13.1 Å². The van der Waals surface area contributed by atoms with Crippen molar-refractivity contribution in [2.45, 2.75) is 13.0 Å². The van der Waals surface area contributed by atoms with Crippen LogP contribution in [0.5, 0.6) is 0 Å². The highest BCUT2D eigenvalue weighted by Crippen LogP contribution is 2.17. The molecular formula is C20H27N3O2S. The number of hydrogen-bond donors (Lipinski definition) is 1. The molecule has 1 heterocycles. The molecule has 6 heteroatoms. The first-order chi connectivity index (χ1) is 12.5. The standard InChI is InChI=1S/C20H27N3O2S/c1-22-12-14-23(15-13-22)20-9-7-19(8-10-20)17-21-26(24,25)16-11-18-5-3-2-4-6-18/h2-10,21H,11-17H2,1H3. The molecule has 1 fully saturated rings. The zero-order chi connectivity index (χ0) is 18.4. The Labute approximate surface area is 156 Å². The molecular weight excluding hydrogens is 346 g/mol. The third-order valence-corrected chi connectivity index (χ3v) is 6.13. The van der Waals surface area contributed by atoms with E-state index in [1.165, 1.54) is 5.69 Å². The van der Waals surface area contributed by atoms with Gasteiger partial charge in [0.25, 0.3) is 0 Å². The maximum atomic E-state index is 12.2. The summed E-state index contributed by atoms with van der Waals surface area (Å²) in [4.78, 5) is 4.70. The van der Waals surface area contributed by atoms with Crippen LogP contribution in [0.2, 0.25) is 0 Å². The molecule has 1 aliphatic heterocycles. The van der Waals surface area contributed by atoms with Gasteiger partial charge in [-0.2, -0.15) is 0 Å². The van der Waals surface area contributed by atoms with E-state index in [1.54, 1.807) is 0 Å². The van der Waals surface area contributed by atoms with Gasteiger partial charge >= 0.3 is 0 Å². The molecule has 1 N–H and O–H groups in total. The lowest BCUT2D eigenvalue weighted by molar-refractivity contribution is 0.313. The Morgan fingerprint density at radius 1 is 0.885 bits per heavy atom. The first kappa shape index (κ1) is 18.9. The summed E-state index contributed by atoms with van der Waals surface area (Å²) in [7, 11) is -1.14. The molecule has 5 nitrogen and oxygen atoms in total.